The highest BCUT2D eigenvalue weighted by atomic mass is 16.7. The number of nitrogens with zero attached hydrogens (tertiary/aromatic N) is 10. The Labute approximate surface area is 881 Å². The molecule has 15 aliphatic heterocycles. The summed E-state index contributed by atoms with van der Waals surface area (Å²) in [6, 6.07) is 6.79. The molecule has 15 aromatic rings. The second-order valence-electron chi connectivity index (χ2n) is 35.1. The maximum atomic E-state index is 14.1. The van der Waals surface area contributed by atoms with Crippen molar-refractivity contribution < 1.29 is 149 Å². The molecule has 0 saturated carbocycles. The van der Waals surface area contributed by atoms with Gasteiger partial charge in [0.1, 0.15) is 38.4 Å². The number of rotatable bonds is 5. The topological polar surface area (TPSA) is 374 Å². The highest BCUT2D eigenvalue weighted by Crippen LogP contribution is 2.53. The Morgan fingerprint density at radius 2 is 0.641 bits per heavy atom. The summed E-state index contributed by atoms with van der Waals surface area (Å²) in [5, 5.41) is 1.59. The molecule has 145 heavy (non-hydrogen) atoms. The van der Waals surface area contributed by atoms with E-state index in [0.717, 1.165) is 32.9 Å². The van der Waals surface area contributed by atoms with Crippen LogP contribution in [0.15, 0.2) is 212 Å². The number of carbonyl (C=O) groups excluding carboxylic acids is 10. The number of aromatic amines is 5. The Morgan fingerprint density at radius 3 is 1.07 bits per heavy atom. The quantitative estimate of drug-likeness (QED) is 0.107. The van der Waals surface area contributed by atoms with Gasteiger partial charge < -0.3 is 121 Å². The van der Waals surface area contributed by atoms with Crippen LogP contribution in [0.1, 0.15) is 168 Å². The molecule has 10 amide bonds. The van der Waals surface area contributed by atoms with E-state index in [1.54, 1.807) is 62.6 Å². The molecule has 20 heterocycles. The van der Waals surface area contributed by atoms with Gasteiger partial charge >= 0.3 is 0 Å². The summed E-state index contributed by atoms with van der Waals surface area (Å²) in [6.07, 6.45) is -6.07. The van der Waals surface area contributed by atoms with Crippen molar-refractivity contribution in [1.82, 2.24) is 73.9 Å². The molecule has 0 bridgehead atoms. The van der Waals surface area contributed by atoms with Crippen molar-refractivity contribution >= 4 is 114 Å². The van der Waals surface area contributed by atoms with Crippen molar-refractivity contribution in [3.05, 3.63) is 296 Å². The second kappa shape index (κ2) is 33.9. The van der Waals surface area contributed by atoms with Crippen molar-refractivity contribution in [3.63, 3.8) is 0 Å². The number of ether oxygens (including phenoxy) is 10. The lowest BCUT2D eigenvalue weighted by molar-refractivity contribution is -0.157. The van der Waals surface area contributed by atoms with E-state index in [0.29, 0.717) is 69.5 Å². The van der Waals surface area contributed by atoms with E-state index in [4.69, 9.17) is 94.0 Å². The number of hydrogen-bond acceptors (Lipinski definition) is 20. The first-order chi connectivity index (χ1) is 85.9. The van der Waals surface area contributed by atoms with Gasteiger partial charge in [0.25, 0.3) is 0 Å². The number of benzene rings is 10. The fourth-order valence-electron chi connectivity index (χ4n) is 20.6. The van der Waals surface area contributed by atoms with E-state index in [-0.39, 0.29) is 141 Å². The molecule has 5 N–H and O–H groups in total. The fourth-order valence-corrected chi connectivity index (χ4v) is 20.6. The summed E-state index contributed by atoms with van der Waals surface area (Å²) in [5.74, 6) is -9.89. The molecule has 0 aliphatic carbocycles. The Balaban J connectivity index is 0.000000111. The monoisotopic (exact) mass is 1980 g/mol. The van der Waals surface area contributed by atoms with E-state index in [1.807, 2.05) is 48.5 Å². The molecule has 5 aromatic heterocycles. The zero-order valence-corrected chi connectivity index (χ0v) is 75.3. The number of H-pyrrole nitrogens is 5. The average Bonchev–Trinajstić information content (AvgIpc) is 1.56. The molecule has 0 spiro atoms. The van der Waals surface area contributed by atoms with Gasteiger partial charge in [-0.15, -0.1) is 0 Å². The van der Waals surface area contributed by atoms with E-state index >= 15 is 0 Å². The van der Waals surface area contributed by atoms with Gasteiger partial charge in [0.15, 0.2) is 57.5 Å². The zero-order valence-electron chi connectivity index (χ0n) is 114. The lowest BCUT2D eigenvalue weighted by Gasteiger charge is -2.46. The lowest BCUT2D eigenvalue weighted by atomic mass is 9.86. The van der Waals surface area contributed by atoms with Crippen LogP contribution in [0.2, 0.25) is 0 Å². The molecule has 10 aromatic carbocycles. The van der Waals surface area contributed by atoms with Crippen LogP contribution in [-0.2, 0) is 80.0 Å². The van der Waals surface area contributed by atoms with Crippen molar-refractivity contribution in [2.75, 3.05) is 102 Å². The Hall–Kier alpha value is -17.4. The molecule has 0 radical (unpaired) electrons. The number of carbonyl (C=O) groups is 10. The summed E-state index contributed by atoms with van der Waals surface area (Å²) in [4.78, 5) is 158. The summed E-state index contributed by atoms with van der Waals surface area (Å²) in [6.45, 7) is -23.1. The summed E-state index contributed by atoms with van der Waals surface area (Å²) in [7, 11) is 4.76. The second-order valence-corrected chi connectivity index (χ2v) is 35.1. The number of aromatic nitrogens is 5. The van der Waals surface area contributed by atoms with Gasteiger partial charge in [0.05, 0.1) is 94.3 Å². The number of amides is 10. The van der Waals surface area contributed by atoms with Crippen LogP contribution in [0.5, 0.6) is 57.5 Å². The first-order valence-corrected chi connectivity index (χ1v) is 44.9. The minimum absolute atomic E-state index is 0.0204. The summed E-state index contributed by atoms with van der Waals surface area (Å²) >= 11 is 0. The van der Waals surface area contributed by atoms with Crippen LogP contribution >= 0.6 is 0 Å². The standard InChI is InChI=1S/5C22H19N3O4/c5*1-24-10-19(26)25-16(22(24)27)9-14-13-4-2-3-5-15(13)23-20(14)21(25)12-6-7-17-18(8-12)29-11-28-17/h5*2-8,16,21,23H,9-11H2,1H3/t2*16-,21?;3*16-,21-/m11111/s1/i1D3,2D,3D,4D,5D,6D,7D,8D,9D2,10D2,11D2,16D;1D3,6D,7D,8D,9D2,10D2,11D2,16D;2D,3D,4D,5D,21D;11D2,21D;21D. The first kappa shape index (κ1) is 55.7. The third kappa shape index (κ3) is 14.2. The van der Waals surface area contributed by atoms with Gasteiger partial charge in [-0.3, -0.25) is 47.9 Å². The number of para-hydroxylation sites is 5. The van der Waals surface area contributed by atoms with E-state index in [2.05, 4.69) is 24.9 Å². The molecular weight excluding hydrogens is 1850 g/mol. The number of fused-ring (bicyclic) bond motifs is 25. The van der Waals surface area contributed by atoms with Gasteiger partial charge in [-0.25, -0.2) is 0 Å². The molecule has 5 saturated heterocycles. The van der Waals surface area contributed by atoms with Gasteiger partial charge in [-0.1, -0.05) is 121 Å². The van der Waals surface area contributed by atoms with Crippen LogP contribution in [0.3, 0.4) is 0 Å². The number of nitrogens with one attached hydrogen (secondary N) is 5. The van der Waals surface area contributed by atoms with E-state index in [9.17, 15) is 54.8 Å². The third-order valence-corrected chi connectivity index (χ3v) is 27.0. The van der Waals surface area contributed by atoms with Crippen molar-refractivity contribution in [2.24, 2.45) is 0 Å². The fraction of sp³-hybridized carbons (Fsp3) is 0.273. The highest BCUT2D eigenvalue weighted by Gasteiger charge is 2.55. The number of piperazine rings is 5. The molecule has 10 atom stereocenters. The summed E-state index contributed by atoms with van der Waals surface area (Å²) in [5.41, 5.74) is 2.68. The van der Waals surface area contributed by atoms with Crippen LogP contribution in [0.25, 0.3) is 54.5 Å². The van der Waals surface area contributed by atoms with Crippen LogP contribution in [0, 0.1) is 0 Å². The molecule has 5 fully saturated rings. The van der Waals surface area contributed by atoms with Crippen molar-refractivity contribution in [3.8, 4) is 57.5 Å². The van der Waals surface area contributed by atoms with Crippen LogP contribution in [0.4, 0.5) is 0 Å². The van der Waals surface area contributed by atoms with Gasteiger partial charge in [-0.05, 0) is 146 Å². The number of likely N-dealkylation sites (N-methyl/N-ethyl adjacent to an activating group) is 5. The lowest BCUT2D eigenvalue weighted by Crippen LogP contribution is -2.62. The largest absolute Gasteiger partial charge is 0.454 e. The van der Waals surface area contributed by atoms with Gasteiger partial charge in [-0.2, -0.15) is 0 Å². The van der Waals surface area contributed by atoms with Crippen molar-refractivity contribution in [2.45, 2.75) is 92.3 Å². The van der Waals surface area contributed by atoms with E-state index in [1.165, 1.54) is 66.8 Å². The molecule has 730 valence electrons. The molecule has 35 nitrogen and oxygen atoms in total. The van der Waals surface area contributed by atoms with E-state index < -0.39 is 288 Å². The SMILES string of the molecule is [2H]C1([2H])Oc2ccc([C@]3([2H])c4[nH]c5ccccc5c4C[C@@H]4C(=O)N(C)CC(=O)N43)cc2O1.[2H][C@@]1(c2ccc3c(c2)OCO3)c2[nH]c3ccccc3c2C[C@@H]2C(=O)N(C)CC(=O)N21.[2H]c1c([2H])c(C2c3[nH]c4c([2H])c([2H])c([2H])c([2H])c4c3C([2H])([2H])[C@]3([2H])C(=O)N(C([2H])([2H])[2H])C([2H])([2H])C(=O)N23)c([2H])c2c1OC([2H])([2H])O2.[2H]c1c([2H])c(C2c3[nH]c4ccccc4c3C([2H])([2H])[C@]3([2H])C(=O)N(C([2H])([2H])[2H])C([2H])([2H])C(=O)N23)c([2H])c2c1OC([2H])([2H])O2.[2H]c1c([2H])c([2H])c2c3c([nH]c2c1[2H])[C@@]([2H])(c1ccc2c(c1)OCO2)N1C(=O)CN(C)C(=O)[C@H]1C3. The maximum absolute atomic E-state index is 14.1. The van der Waals surface area contributed by atoms with Crippen LogP contribution < -0.4 is 47.4 Å². The Kier molecular flexibility index (Phi) is 13.0. The van der Waals surface area contributed by atoms with Gasteiger partial charge in [0.2, 0.25) is 92.9 Å². The number of hydrogen-bond donors (Lipinski definition) is 5. The van der Waals surface area contributed by atoms with Crippen LogP contribution in [-0.4, -0.2) is 265 Å². The van der Waals surface area contributed by atoms with Crippen molar-refractivity contribution in [1.29, 1.82) is 0 Å². The predicted molar refractivity (Wildman–Crippen MR) is 523 cm³/mol. The van der Waals surface area contributed by atoms with Gasteiger partial charge in [0, 0.05) is 164 Å². The smallest absolute Gasteiger partial charge is 0.245 e. The Bertz CT molecular complexity index is 10300. The predicted octanol–water partition coefficient (Wildman–Crippen LogP) is 11.1. The first-order valence-electron chi connectivity index (χ1n) is 64.4. The molecule has 30 rings (SSSR count). The third-order valence-electron chi connectivity index (χ3n) is 27.0. The molecule has 35 heteroatoms. The minimum Gasteiger partial charge on any atom is -0.454 e. The highest BCUT2D eigenvalue weighted by molar-refractivity contribution is 6.03. The average molecular weight is 1990 g/mol. The normalized spacial score (nSPS) is 31.8. The molecule has 2 unspecified atom stereocenters. The summed E-state index contributed by atoms with van der Waals surface area (Å²) < 4.78 is 381. The zero-order chi connectivity index (χ0) is 133. The molecule has 15 aliphatic rings. The Morgan fingerprint density at radius 1 is 0.310 bits per heavy atom. The minimum atomic E-state index is -3.80. The molecular formula is C110H95N15O20. The maximum Gasteiger partial charge on any atom is 0.245 e.